The molecule has 1 aliphatic rings. The van der Waals surface area contributed by atoms with Gasteiger partial charge in [-0.1, -0.05) is 12.8 Å². The SMILES string of the molecule is CC(C)(C#N)C(=O)NCCC1CC1. The molecule has 0 radical (unpaired) electrons. The molecule has 1 rings (SSSR count). The first-order valence-electron chi connectivity index (χ1n) is 4.76. The largest absolute Gasteiger partial charge is 0.355 e. The molecule has 0 unspecified atom stereocenters. The second-order valence-electron chi connectivity index (χ2n) is 4.22. The van der Waals surface area contributed by atoms with Crippen molar-refractivity contribution < 1.29 is 4.79 Å². The van der Waals surface area contributed by atoms with Crippen LogP contribution in [0.5, 0.6) is 0 Å². The number of rotatable bonds is 4. The van der Waals surface area contributed by atoms with Crippen LogP contribution < -0.4 is 5.32 Å². The highest BCUT2D eigenvalue weighted by molar-refractivity contribution is 5.84. The highest BCUT2D eigenvalue weighted by Gasteiger charge is 2.27. The molecular weight excluding hydrogens is 164 g/mol. The van der Waals surface area contributed by atoms with E-state index < -0.39 is 5.41 Å². The summed E-state index contributed by atoms with van der Waals surface area (Å²) < 4.78 is 0. The third kappa shape index (κ3) is 3.06. The van der Waals surface area contributed by atoms with Gasteiger partial charge in [0.1, 0.15) is 5.41 Å². The fourth-order valence-corrected chi connectivity index (χ4v) is 1.07. The Morgan fingerprint density at radius 3 is 2.69 bits per heavy atom. The highest BCUT2D eigenvalue weighted by Crippen LogP contribution is 2.31. The van der Waals surface area contributed by atoms with Crippen LogP contribution >= 0.6 is 0 Å². The minimum atomic E-state index is -0.885. The molecule has 0 aliphatic heterocycles. The number of amides is 1. The number of nitrogens with one attached hydrogen (secondary N) is 1. The van der Waals surface area contributed by atoms with Crippen LogP contribution in [0, 0.1) is 22.7 Å². The molecule has 0 atom stereocenters. The molecule has 1 N–H and O–H groups in total. The molecule has 13 heavy (non-hydrogen) atoms. The van der Waals surface area contributed by atoms with Crippen LogP contribution in [-0.4, -0.2) is 12.5 Å². The fraction of sp³-hybridized carbons (Fsp3) is 0.800. The van der Waals surface area contributed by atoms with Crippen molar-refractivity contribution in [3.63, 3.8) is 0 Å². The van der Waals surface area contributed by atoms with Crippen LogP contribution in [0.4, 0.5) is 0 Å². The molecule has 3 nitrogen and oxygen atoms in total. The summed E-state index contributed by atoms with van der Waals surface area (Å²) in [5.41, 5.74) is -0.885. The molecule has 72 valence electrons. The second-order valence-corrected chi connectivity index (χ2v) is 4.22. The zero-order valence-corrected chi connectivity index (χ0v) is 8.26. The molecule has 0 heterocycles. The van der Waals surface area contributed by atoms with Gasteiger partial charge in [-0.3, -0.25) is 4.79 Å². The van der Waals surface area contributed by atoms with Crippen molar-refractivity contribution in [1.29, 1.82) is 5.26 Å². The smallest absolute Gasteiger partial charge is 0.239 e. The summed E-state index contributed by atoms with van der Waals surface area (Å²) >= 11 is 0. The molecule has 1 amide bonds. The molecule has 0 spiro atoms. The Kier molecular flexibility index (Phi) is 2.92. The Morgan fingerprint density at radius 1 is 1.62 bits per heavy atom. The molecule has 1 aliphatic carbocycles. The number of carbonyl (C=O) groups excluding carboxylic acids is 1. The van der Waals surface area contributed by atoms with E-state index in [-0.39, 0.29) is 5.91 Å². The van der Waals surface area contributed by atoms with Crippen molar-refractivity contribution in [3.8, 4) is 6.07 Å². The van der Waals surface area contributed by atoms with Crippen molar-refractivity contribution in [2.75, 3.05) is 6.54 Å². The lowest BCUT2D eigenvalue weighted by Gasteiger charge is -2.14. The normalized spacial score (nSPS) is 16.4. The lowest BCUT2D eigenvalue weighted by Crippen LogP contribution is -2.36. The van der Waals surface area contributed by atoms with Crippen LogP contribution in [0.25, 0.3) is 0 Å². The molecule has 0 saturated heterocycles. The van der Waals surface area contributed by atoms with Crippen molar-refractivity contribution in [2.24, 2.45) is 11.3 Å². The predicted octanol–water partition coefficient (Wildman–Crippen LogP) is 1.45. The first-order chi connectivity index (χ1) is 6.06. The Balaban J connectivity index is 2.20. The summed E-state index contributed by atoms with van der Waals surface area (Å²) in [7, 11) is 0. The van der Waals surface area contributed by atoms with Crippen molar-refractivity contribution >= 4 is 5.91 Å². The van der Waals surface area contributed by atoms with Crippen molar-refractivity contribution in [3.05, 3.63) is 0 Å². The summed E-state index contributed by atoms with van der Waals surface area (Å²) in [6.45, 7) is 3.99. The molecule has 1 saturated carbocycles. The minimum Gasteiger partial charge on any atom is -0.355 e. The summed E-state index contributed by atoms with van der Waals surface area (Å²) in [6, 6.07) is 1.98. The van der Waals surface area contributed by atoms with E-state index in [1.54, 1.807) is 13.8 Å². The van der Waals surface area contributed by atoms with Crippen molar-refractivity contribution in [1.82, 2.24) is 5.32 Å². The first kappa shape index (κ1) is 10.0. The Hall–Kier alpha value is -1.04. The summed E-state index contributed by atoms with van der Waals surface area (Å²) in [5.74, 6) is 0.668. The number of hydrogen-bond acceptors (Lipinski definition) is 2. The van der Waals surface area contributed by atoms with E-state index in [2.05, 4.69) is 5.32 Å². The summed E-state index contributed by atoms with van der Waals surface area (Å²) in [5, 5.41) is 11.5. The molecule has 0 aromatic rings. The standard InChI is InChI=1S/C10H16N2O/c1-10(2,7-11)9(13)12-6-5-8-3-4-8/h8H,3-6H2,1-2H3,(H,12,13). The molecule has 3 heteroatoms. The van der Waals surface area contributed by atoms with Gasteiger partial charge in [0.2, 0.25) is 5.91 Å². The van der Waals surface area contributed by atoms with Gasteiger partial charge in [0.15, 0.2) is 0 Å². The lowest BCUT2D eigenvalue weighted by atomic mass is 9.95. The van der Waals surface area contributed by atoms with Gasteiger partial charge in [0.25, 0.3) is 0 Å². The van der Waals surface area contributed by atoms with Crippen LogP contribution in [-0.2, 0) is 4.79 Å². The zero-order valence-electron chi connectivity index (χ0n) is 8.26. The third-order valence-corrected chi connectivity index (χ3v) is 2.38. The molecule has 0 bridgehead atoms. The Labute approximate surface area is 79.1 Å². The molecule has 1 fully saturated rings. The fourth-order valence-electron chi connectivity index (χ4n) is 1.07. The monoisotopic (exact) mass is 180 g/mol. The maximum atomic E-state index is 11.4. The Bertz CT molecular complexity index is 236. The van der Waals surface area contributed by atoms with Gasteiger partial charge in [-0.2, -0.15) is 5.26 Å². The number of hydrogen-bond donors (Lipinski definition) is 1. The predicted molar refractivity (Wildman–Crippen MR) is 49.7 cm³/mol. The average molecular weight is 180 g/mol. The summed E-state index contributed by atoms with van der Waals surface area (Å²) in [4.78, 5) is 11.4. The van der Waals surface area contributed by atoms with Crippen LogP contribution in [0.2, 0.25) is 0 Å². The maximum absolute atomic E-state index is 11.4. The van der Waals surface area contributed by atoms with Gasteiger partial charge >= 0.3 is 0 Å². The molecule has 0 aromatic heterocycles. The van der Waals surface area contributed by atoms with Gasteiger partial charge in [0.05, 0.1) is 6.07 Å². The van der Waals surface area contributed by atoms with Gasteiger partial charge < -0.3 is 5.32 Å². The van der Waals surface area contributed by atoms with E-state index >= 15 is 0 Å². The zero-order chi connectivity index (χ0) is 9.90. The minimum absolute atomic E-state index is 0.157. The van der Waals surface area contributed by atoms with E-state index in [4.69, 9.17) is 5.26 Å². The topological polar surface area (TPSA) is 52.9 Å². The van der Waals surface area contributed by atoms with Gasteiger partial charge in [-0.05, 0) is 26.2 Å². The van der Waals surface area contributed by atoms with Crippen LogP contribution in [0.1, 0.15) is 33.1 Å². The average Bonchev–Trinajstić information content (AvgIpc) is 2.88. The molecule has 0 aromatic carbocycles. The van der Waals surface area contributed by atoms with Gasteiger partial charge in [-0.25, -0.2) is 0 Å². The van der Waals surface area contributed by atoms with E-state index in [0.29, 0.717) is 6.54 Å². The quantitative estimate of drug-likeness (QED) is 0.712. The molecular formula is C10H16N2O. The van der Waals surface area contributed by atoms with Crippen LogP contribution in [0.15, 0.2) is 0 Å². The van der Waals surface area contributed by atoms with E-state index in [0.717, 1.165) is 12.3 Å². The van der Waals surface area contributed by atoms with Gasteiger partial charge in [-0.15, -0.1) is 0 Å². The third-order valence-electron chi connectivity index (χ3n) is 2.38. The van der Waals surface area contributed by atoms with E-state index in [1.165, 1.54) is 12.8 Å². The number of nitrogens with zero attached hydrogens (tertiary/aromatic N) is 1. The van der Waals surface area contributed by atoms with E-state index in [1.807, 2.05) is 6.07 Å². The van der Waals surface area contributed by atoms with Crippen LogP contribution in [0.3, 0.4) is 0 Å². The maximum Gasteiger partial charge on any atom is 0.239 e. The first-order valence-corrected chi connectivity index (χ1v) is 4.76. The number of nitriles is 1. The van der Waals surface area contributed by atoms with Gasteiger partial charge in [0, 0.05) is 6.54 Å². The highest BCUT2D eigenvalue weighted by atomic mass is 16.2. The second kappa shape index (κ2) is 3.78. The summed E-state index contributed by atoms with van der Waals surface area (Å²) in [6.07, 6.45) is 3.67. The van der Waals surface area contributed by atoms with E-state index in [9.17, 15) is 4.79 Å². The van der Waals surface area contributed by atoms with Crippen molar-refractivity contribution in [2.45, 2.75) is 33.1 Å². The lowest BCUT2D eigenvalue weighted by molar-refractivity contribution is -0.126. The number of carbonyl (C=O) groups is 1. The Morgan fingerprint density at radius 2 is 2.23 bits per heavy atom.